The second-order valence-electron chi connectivity index (χ2n) is 5.58. The average molecular weight is 330 g/mol. The van der Waals surface area contributed by atoms with Crippen LogP contribution in [-0.4, -0.2) is 24.7 Å². The Morgan fingerprint density at radius 1 is 1.21 bits per heavy atom. The van der Waals surface area contributed by atoms with Crippen molar-refractivity contribution in [1.82, 2.24) is 0 Å². The van der Waals surface area contributed by atoms with Crippen LogP contribution in [0.15, 0.2) is 48.5 Å². The maximum Gasteiger partial charge on any atom is 0.253 e. The summed E-state index contributed by atoms with van der Waals surface area (Å²) in [4.78, 5) is 12.3. The van der Waals surface area contributed by atoms with E-state index in [1.807, 2.05) is 18.2 Å². The molecule has 2 atom stereocenters. The third kappa shape index (κ3) is 3.72. The van der Waals surface area contributed by atoms with Gasteiger partial charge in [-0.25, -0.2) is 4.39 Å². The molecule has 1 amide bonds. The molecule has 0 bridgehead atoms. The monoisotopic (exact) mass is 330 g/mol. The van der Waals surface area contributed by atoms with E-state index in [4.69, 9.17) is 15.2 Å². The molecule has 0 saturated carbocycles. The van der Waals surface area contributed by atoms with E-state index in [0.717, 1.165) is 6.42 Å². The number of halogens is 1. The summed E-state index contributed by atoms with van der Waals surface area (Å²) >= 11 is 0. The van der Waals surface area contributed by atoms with E-state index in [9.17, 15) is 9.18 Å². The number of amides is 1. The number of rotatable bonds is 5. The van der Waals surface area contributed by atoms with Gasteiger partial charge in [0.1, 0.15) is 17.5 Å². The largest absolute Gasteiger partial charge is 0.455 e. The molecule has 0 aliphatic carbocycles. The first kappa shape index (κ1) is 16.4. The number of benzene rings is 2. The number of nitrogens with two attached hydrogens (primary N) is 1. The lowest BCUT2D eigenvalue weighted by Crippen LogP contribution is -2.30. The zero-order valence-electron chi connectivity index (χ0n) is 13.1. The summed E-state index contributed by atoms with van der Waals surface area (Å²) in [6.45, 7) is 0.367. The highest BCUT2D eigenvalue weighted by Crippen LogP contribution is 2.32. The normalized spacial score (nSPS) is 19.9. The Morgan fingerprint density at radius 3 is 2.71 bits per heavy atom. The molecule has 1 saturated heterocycles. The highest BCUT2D eigenvalue weighted by molar-refractivity contribution is 5.95. The van der Waals surface area contributed by atoms with Gasteiger partial charge in [0.2, 0.25) is 0 Å². The van der Waals surface area contributed by atoms with Gasteiger partial charge < -0.3 is 20.5 Å². The first-order valence-electron chi connectivity index (χ1n) is 7.85. The van der Waals surface area contributed by atoms with Crippen LogP contribution in [0.3, 0.4) is 0 Å². The van der Waals surface area contributed by atoms with Crippen molar-refractivity contribution in [2.45, 2.75) is 25.0 Å². The summed E-state index contributed by atoms with van der Waals surface area (Å²) in [5, 5.41) is 2.58. The first-order chi connectivity index (χ1) is 11.7. The lowest BCUT2D eigenvalue weighted by molar-refractivity contribution is -0.126. The lowest BCUT2D eigenvalue weighted by atomic mass is 10.2. The van der Waals surface area contributed by atoms with E-state index in [1.54, 1.807) is 18.2 Å². The van der Waals surface area contributed by atoms with Crippen molar-refractivity contribution < 1.29 is 18.7 Å². The fourth-order valence-corrected chi connectivity index (χ4v) is 2.60. The number of nitrogens with one attached hydrogen (secondary N) is 1. The van der Waals surface area contributed by atoms with Gasteiger partial charge in [-0.2, -0.15) is 0 Å². The van der Waals surface area contributed by atoms with Crippen molar-refractivity contribution in [2.24, 2.45) is 5.73 Å². The van der Waals surface area contributed by atoms with E-state index in [2.05, 4.69) is 5.32 Å². The van der Waals surface area contributed by atoms with Crippen molar-refractivity contribution in [1.29, 1.82) is 0 Å². The Morgan fingerprint density at radius 2 is 2.00 bits per heavy atom. The molecule has 3 rings (SSSR count). The van der Waals surface area contributed by atoms with Gasteiger partial charge in [0.05, 0.1) is 6.10 Å². The Hall–Kier alpha value is -2.44. The Bertz CT molecular complexity index is 709. The van der Waals surface area contributed by atoms with Crippen LogP contribution in [0.5, 0.6) is 11.5 Å². The van der Waals surface area contributed by atoms with Crippen molar-refractivity contribution >= 4 is 11.6 Å². The van der Waals surface area contributed by atoms with E-state index in [-0.39, 0.29) is 17.5 Å². The maximum absolute atomic E-state index is 14.2. The zero-order valence-corrected chi connectivity index (χ0v) is 13.1. The minimum absolute atomic E-state index is 0.00570. The van der Waals surface area contributed by atoms with E-state index in [0.29, 0.717) is 18.7 Å². The second-order valence-corrected chi connectivity index (χ2v) is 5.58. The Balaban J connectivity index is 1.76. The van der Waals surface area contributed by atoms with Crippen LogP contribution in [0.1, 0.15) is 12.8 Å². The maximum atomic E-state index is 14.2. The molecule has 0 radical (unpaired) electrons. The summed E-state index contributed by atoms with van der Waals surface area (Å²) in [7, 11) is 0. The molecule has 0 unspecified atom stereocenters. The average Bonchev–Trinajstić information content (AvgIpc) is 3.08. The molecule has 24 heavy (non-hydrogen) atoms. The molecule has 6 heteroatoms. The molecular formula is C18H19FN2O3. The van der Waals surface area contributed by atoms with Crippen molar-refractivity contribution in [2.75, 3.05) is 11.9 Å². The van der Waals surface area contributed by atoms with Gasteiger partial charge in [-0.1, -0.05) is 24.3 Å². The molecular weight excluding hydrogens is 311 g/mol. The topological polar surface area (TPSA) is 73.6 Å². The molecule has 2 aromatic rings. The Labute approximate surface area is 139 Å². The van der Waals surface area contributed by atoms with Crippen LogP contribution in [0.4, 0.5) is 10.1 Å². The van der Waals surface area contributed by atoms with Gasteiger partial charge >= 0.3 is 0 Å². The van der Waals surface area contributed by atoms with Crippen LogP contribution in [-0.2, 0) is 9.53 Å². The molecule has 5 nitrogen and oxygen atoms in total. The highest BCUT2D eigenvalue weighted by atomic mass is 19.1. The number of anilines is 1. The van der Waals surface area contributed by atoms with Gasteiger partial charge in [-0.15, -0.1) is 0 Å². The molecule has 0 aromatic heterocycles. The third-order valence-electron chi connectivity index (χ3n) is 3.86. The molecule has 2 aromatic carbocycles. The predicted molar refractivity (Wildman–Crippen MR) is 88.5 cm³/mol. The first-order valence-corrected chi connectivity index (χ1v) is 7.85. The molecule has 1 aliphatic heterocycles. The fraction of sp³-hybridized carbons (Fsp3) is 0.278. The SMILES string of the molecule is NC[C@H]1CC[C@@H](C(=O)Nc2c(F)cccc2Oc2ccccc2)O1. The van der Waals surface area contributed by atoms with Crippen LogP contribution < -0.4 is 15.8 Å². The van der Waals surface area contributed by atoms with Crippen molar-refractivity contribution in [3.8, 4) is 11.5 Å². The van der Waals surface area contributed by atoms with Crippen molar-refractivity contribution in [3.05, 3.63) is 54.3 Å². The quantitative estimate of drug-likeness (QED) is 0.884. The summed E-state index contributed by atoms with van der Waals surface area (Å²) in [5.74, 6) is -0.166. The van der Waals surface area contributed by atoms with E-state index < -0.39 is 17.8 Å². The third-order valence-corrected chi connectivity index (χ3v) is 3.86. The standard InChI is InChI=1S/C18H19FN2O3/c19-14-7-4-8-15(23-12-5-2-1-3-6-12)17(14)21-18(22)16-10-9-13(11-20)24-16/h1-8,13,16H,9-11,20H2,(H,21,22)/t13-,16+/m1/s1. The number of ether oxygens (including phenoxy) is 2. The van der Waals surface area contributed by atoms with Crippen molar-refractivity contribution in [3.63, 3.8) is 0 Å². The van der Waals surface area contributed by atoms with Gasteiger partial charge in [0.25, 0.3) is 5.91 Å². The van der Waals surface area contributed by atoms with Crippen LogP contribution in [0, 0.1) is 5.82 Å². The molecule has 1 heterocycles. The Kier molecular flexibility index (Phi) is 5.08. The summed E-state index contributed by atoms with van der Waals surface area (Å²) in [6, 6.07) is 13.4. The molecule has 126 valence electrons. The van der Waals surface area contributed by atoms with Crippen LogP contribution in [0.2, 0.25) is 0 Å². The molecule has 1 fully saturated rings. The van der Waals surface area contributed by atoms with E-state index in [1.165, 1.54) is 12.1 Å². The molecule has 3 N–H and O–H groups in total. The lowest BCUT2D eigenvalue weighted by Gasteiger charge is -2.16. The number of hydrogen-bond donors (Lipinski definition) is 2. The summed E-state index contributed by atoms with van der Waals surface area (Å²) in [5.41, 5.74) is 5.55. The predicted octanol–water partition coefficient (Wildman–Crippen LogP) is 3.06. The smallest absolute Gasteiger partial charge is 0.253 e. The summed E-state index contributed by atoms with van der Waals surface area (Å²) in [6.07, 6.45) is 0.542. The number of carbonyl (C=O) groups is 1. The fourth-order valence-electron chi connectivity index (χ4n) is 2.60. The second kappa shape index (κ2) is 7.42. The van der Waals surface area contributed by atoms with Gasteiger partial charge in [0, 0.05) is 6.54 Å². The van der Waals surface area contributed by atoms with Gasteiger partial charge in [0.15, 0.2) is 11.6 Å². The highest BCUT2D eigenvalue weighted by Gasteiger charge is 2.30. The zero-order chi connectivity index (χ0) is 16.9. The van der Waals surface area contributed by atoms with Gasteiger partial charge in [-0.3, -0.25) is 4.79 Å². The minimum atomic E-state index is -0.622. The summed E-state index contributed by atoms with van der Waals surface area (Å²) < 4.78 is 25.4. The molecule has 0 spiro atoms. The number of carbonyl (C=O) groups excluding carboxylic acids is 1. The van der Waals surface area contributed by atoms with Crippen LogP contribution >= 0.6 is 0 Å². The number of hydrogen-bond acceptors (Lipinski definition) is 4. The van der Waals surface area contributed by atoms with Gasteiger partial charge in [-0.05, 0) is 37.1 Å². The molecule has 1 aliphatic rings. The van der Waals surface area contributed by atoms with E-state index >= 15 is 0 Å². The minimum Gasteiger partial charge on any atom is -0.455 e. The van der Waals surface area contributed by atoms with Crippen LogP contribution in [0.25, 0.3) is 0 Å². The number of para-hydroxylation sites is 2.